The number of hydrogen-bond donors (Lipinski definition) is 1. The van der Waals surface area contributed by atoms with Crippen LogP contribution < -0.4 is 4.74 Å². The molecule has 0 spiro atoms. The van der Waals surface area contributed by atoms with Gasteiger partial charge in [0.1, 0.15) is 5.75 Å². The van der Waals surface area contributed by atoms with Gasteiger partial charge in [0, 0.05) is 0 Å². The maximum absolute atomic E-state index is 9.19. The Labute approximate surface area is 86.7 Å². The molecule has 0 fully saturated rings. The summed E-state index contributed by atoms with van der Waals surface area (Å²) in [7, 11) is 1.63. The van der Waals surface area contributed by atoms with E-state index in [4.69, 9.17) is 4.74 Å². The summed E-state index contributed by atoms with van der Waals surface area (Å²) >= 11 is 3.37. The first-order valence-electron chi connectivity index (χ1n) is 4.14. The fourth-order valence-corrected chi connectivity index (χ4v) is 1.58. The van der Waals surface area contributed by atoms with Crippen LogP contribution in [0, 0.1) is 0 Å². The molecule has 0 saturated carbocycles. The molecule has 1 rings (SSSR count). The molecule has 72 valence electrons. The van der Waals surface area contributed by atoms with Crippen molar-refractivity contribution >= 4 is 15.9 Å². The Morgan fingerprint density at radius 2 is 2.23 bits per heavy atom. The molecule has 0 aliphatic rings. The molecule has 0 amide bonds. The van der Waals surface area contributed by atoms with Crippen molar-refractivity contribution in [1.82, 2.24) is 0 Å². The minimum Gasteiger partial charge on any atom is -0.496 e. The SMILES string of the molecule is COc1cc(C[C@H](C)O)ccc1Br. The van der Waals surface area contributed by atoms with E-state index in [9.17, 15) is 5.11 Å². The molecule has 1 N–H and O–H groups in total. The Hall–Kier alpha value is -0.540. The number of aliphatic hydroxyl groups is 1. The van der Waals surface area contributed by atoms with E-state index in [-0.39, 0.29) is 6.10 Å². The van der Waals surface area contributed by atoms with Crippen molar-refractivity contribution < 1.29 is 9.84 Å². The fourth-order valence-electron chi connectivity index (χ4n) is 1.17. The first-order valence-corrected chi connectivity index (χ1v) is 4.93. The number of aliphatic hydroxyl groups excluding tert-OH is 1. The zero-order chi connectivity index (χ0) is 9.84. The van der Waals surface area contributed by atoms with Crippen LogP contribution in [0.25, 0.3) is 0 Å². The molecule has 3 heteroatoms. The predicted octanol–water partition coefficient (Wildman–Crippen LogP) is 2.38. The van der Waals surface area contributed by atoms with Crippen molar-refractivity contribution in [2.45, 2.75) is 19.4 Å². The lowest BCUT2D eigenvalue weighted by molar-refractivity contribution is 0.195. The van der Waals surface area contributed by atoms with Crippen LogP contribution in [-0.2, 0) is 6.42 Å². The van der Waals surface area contributed by atoms with E-state index >= 15 is 0 Å². The predicted molar refractivity (Wildman–Crippen MR) is 56.1 cm³/mol. The van der Waals surface area contributed by atoms with Gasteiger partial charge in [-0.05, 0) is 47.0 Å². The lowest BCUT2D eigenvalue weighted by Gasteiger charge is -2.07. The van der Waals surface area contributed by atoms with Crippen molar-refractivity contribution in [2.75, 3.05) is 7.11 Å². The highest BCUT2D eigenvalue weighted by molar-refractivity contribution is 9.10. The van der Waals surface area contributed by atoms with Gasteiger partial charge in [-0.2, -0.15) is 0 Å². The first kappa shape index (κ1) is 10.5. The van der Waals surface area contributed by atoms with Crippen LogP contribution in [0.2, 0.25) is 0 Å². The summed E-state index contributed by atoms with van der Waals surface area (Å²) in [5, 5.41) is 9.19. The minimum atomic E-state index is -0.314. The molecule has 0 unspecified atom stereocenters. The Morgan fingerprint density at radius 1 is 1.54 bits per heavy atom. The van der Waals surface area contributed by atoms with Gasteiger partial charge < -0.3 is 9.84 Å². The number of ether oxygens (including phenoxy) is 1. The molecule has 0 aromatic heterocycles. The van der Waals surface area contributed by atoms with E-state index in [0.29, 0.717) is 6.42 Å². The number of rotatable bonds is 3. The van der Waals surface area contributed by atoms with Crippen molar-refractivity contribution in [1.29, 1.82) is 0 Å². The van der Waals surface area contributed by atoms with E-state index in [1.165, 1.54) is 0 Å². The topological polar surface area (TPSA) is 29.5 Å². The fraction of sp³-hybridized carbons (Fsp3) is 0.400. The summed E-state index contributed by atoms with van der Waals surface area (Å²) in [6.07, 6.45) is 0.342. The summed E-state index contributed by atoms with van der Waals surface area (Å²) in [6.45, 7) is 1.77. The smallest absolute Gasteiger partial charge is 0.133 e. The molecule has 0 aliphatic heterocycles. The summed E-state index contributed by atoms with van der Waals surface area (Å²) < 4.78 is 6.07. The molecule has 0 radical (unpaired) electrons. The van der Waals surface area contributed by atoms with Gasteiger partial charge in [0.05, 0.1) is 17.7 Å². The van der Waals surface area contributed by atoms with E-state index in [2.05, 4.69) is 15.9 Å². The number of methoxy groups -OCH3 is 1. The first-order chi connectivity index (χ1) is 6.13. The Bertz CT molecular complexity index is 284. The van der Waals surface area contributed by atoms with Crippen LogP contribution in [0.1, 0.15) is 12.5 Å². The highest BCUT2D eigenvalue weighted by Gasteiger charge is 2.03. The largest absolute Gasteiger partial charge is 0.496 e. The molecule has 13 heavy (non-hydrogen) atoms. The van der Waals surface area contributed by atoms with Gasteiger partial charge in [-0.3, -0.25) is 0 Å². The van der Waals surface area contributed by atoms with E-state index in [0.717, 1.165) is 15.8 Å². The Balaban J connectivity index is 2.86. The number of halogens is 1. The molecular formula is C10H13BrO2. The summed E-state index contributed by atoms with van der Waals surface area (Å²) in [4.78, 5) is 0. The standard InChI is InChI=1S/C10H13BrO2/c1-7(12)5-8-3-4-9(11)10(6-8)13-2/h3-4,6-7,12H,5H2,1-2H3/t7-/m0/s1. The van der Waals surface area contributed by atoms with Gasteiger partial charge in [0.15, 0.2) is 0 Å². The molecule has 0 aliphatic carbocycles. The summed E-state index contributed by atoms with van der Waals surface area (Å²) in [5.41, 5.74) is 1.08. The van der Waals surface area contributed by atoms with Crippen molar-refractivity contribution in [3.63, 3.8) is 0 Å². The molecule has 0 bridgehead atoms. The van der Waals surface area contributed by atoms with Gasteiger partial charge in [0.2, 0.25) is 0 Å². The molecule has 1 aromatic rings. The van der Waals surface area contributed by atoms with Crippen LogP contribution >= 0.6 is 15.9 Å². The van der Waals surface area contributed by atoms with Gasteiger partial charge in [-0.15, -0.1) is 0 Å². The molecular weight excluding hydrogens is 232 g/mol. The highest BCUT2D eigenvalue weighted by atomic mass is 79.9. The average Bonchev–Trinajstić information content (AvgIpc) is 2.07. The second kappa shape index (κ2) is 4.63. The van der Waals surface area contributed by atoms with E-state index < -0.39 is 0 Å². The van der Waals surface area contributed by atoms with Crippen LogP contribution in [0.3, 0.4) is 0 Å². The molecule has 2 nitrogen and oxygen atoms in total. The van der Waals surface area contributed by atoms with Gasteiger partial charge >= 0.3 is 0 Å². The number of benzene rings is 1. The van der Waals surface area contributed by atoms with Gasteiger partial charge in [-0.25, -0.2) is 0 Å². The lowest BCUT2D eigenvalue weighted by atomic mass is 10.1. The van der Waals surface area contributed by atoms with Crippen LogP contribution in [0.15, 0.2) is 22.7 Å². The van der Waals surface area contributed by atoms with Gasteiger partial charge in [-0.1, -0.05) is 6.07 Å². The van der Waals surface area contributed by atoms with Crippen molar-refractivity contribution in [2.24, 2.45) is 0 Å². The molecule has 1 atom stereocenters. The van der Waals surface area contributed by atoms with Crippen LogP contribution in [-0.4, -0.2) is 18.3 Å². The average molecular weight is 245 g/mol. The molecule has 1 aromatic carbocycles. The maximum Gasteiger partial charge on any atom is 0.133 e. The number of hydrogen-bond acceptors (Lipinski definition) is 2. The minimum absolute atomic E-state index is 0.314. The molecule has 0 saturated heterocycles. The maximum atomic E-state index is 9.19. The second-order valence-corrected chi connectivity index (χ2v) is 3.88. The third kappa shape index (κ3) is 3.01. The Kier molecular flexibility index (Phi) is 3.75. The van der Waals surface area contributed by atoms with Crippen LogP contribution in [0.5, 0.6) is 5.75 Å². The zero-order valence-electron chi connectivity index (χ0n) is 7.75. The zero-order valence-corrected chi connectivity index (χ0v) is 9.34. The monoisotopic (exact) mass is 244 g/mol. The molecule has 0 heterocycles. The normalized spacial score (nSPS) is 12.6. The third-order valence-electron chi connectivity index (χ3n) is 1.75. The van der Waals surface area contributed by atoms with Crippen LogP contribution in [0.4, 0.5) is 0 Å². The quantitative estimate of drug-likeness (QED) is 0.885. The van der Waals surface area contributed by atoms with Crippen molar-refractivity contribution in [3.8, 4) is 5.75 Å². The van der Waals surface area contributed by atoms with E-state index in [1.807, 2.05) is 18.2 Å². The highest BCUT2D eigenvalue weighted by Crippen LogP contribution is 2.25. The summed E-state index contributed by atoms with van der Waals surface area (Å²) in [5.74, 6) is 0.804. The van der Waals surface area contributed by atoms with Gasteiger partial charge in [0.25, 0.3) is 0 Å². The lowest BCUT2D eigenvalue weighted by Crippen LogP contribution is -2.04. The Morgan fingerprint density at radius 3 is 2.77 bits per heavy atom. The third-order valence-corrected chi connectivity index (χ3v) is 2.40. The van der Waals surface area contributed by atoms with Crippen molar-refractivity contribution in [3.05, 3.63) is 28.2 Å². The van der Waals surface area contributed by atoms with E-state index in [1.54, 1.807) is 14.0 Å². The second-order valence-electron chi connectivity index (χ2n) is 3.02. The summed E-state index contributed by atoms with van der Waals surface area (Å²) in [6, 6.07) is 5.83.